The molecule has 2 nitrogen and oxygen atoms in total. The van der Waals surface area contributed by atoms with Gasteiger partial charge in [-0.25, -0.2) is 0 Å². The highest BCUT2D eigenvalue weighted by Gasteiger charge is 2.14. The second-order valence-electron chi connectivity index (χ2n) is 4.40. The van der Waals surface area contributed by atoms with Crippen molar-refractivity contribution in [3.05, 3.63) is 64.8 Å². The van der Waals surface area contributed by atoms with Crippen molar-refractivity contribution in [1.29, 1.82) is 0 Å². The summed E-state index contributed by atoms with van der Waals surface area (Å²) in [6.45, 7) is 2.05. The molecule has 2 aromatic heterocycles. The van der Waals surface area contributed by atoms with Crippen LogP contribution in [0.2, 0.25) is 0 Å². The van der Waals surface area contributed by atoms with Crippen LogP contribution in [0.4, 0.5) is 0 Å². The minimum absolute atomic E-state index is 0.0876. The predicted molar refractivity (Wildman–Crippen MR) is 76.8 cm³/mol. The highest BCUT2D eigenvalue weighted by atomic mass is 32.1. The van der Waals surface area contributed by atoms with Crippen molar-refractivity contribution in [2.45, 2.75) is 13.0 Å². The van der Waals surface area contributed by atoms with Crippen LogP contribution < -0.4 is 5.73 Å². The molecule has 0 aliphatic heterocycles. The molecule has 0 bridgehead atoms. The molecule has 0 saturated heterocycles. The lowest BCUT2D eigenvalue weighted by molar-refractivity contribution is 0.867. The molecule has 2 N–H and O–H groups in total. The summed E-state index contributed by atoms with van der Waals surface area (Å²) < 4.78 is 1.28. The Morgan fingerprint density at radius 2 is 2.06 bits per heavy atom. The topological polar surface area (TPSA) is 38.9 Å². The van der Waals surface area contributed by atoms with E-state index in [9.17, 15) is 0 Å². The first-order chi connectivity index (χ1) is 8.77. The number of thiophene rings is 1. The second-order valence-corrected chi connectivity index (χ2v) is 5.31. The van der Waals surface area contributed by atoms with E-state index in [2.05, 4.69) is 41.6 Å². The fourth-order valence-electron chi connectivity index (χ4n) is 2.26. The molecular weight excluding hydrogens is 240 g/mol. The Balaban J connectivity index is 2.15. The van der Waals surface area contributed by atoms with E-state index in [0.717, 1.165) is 11.1 Å². The molecule has 90 valence electrons. The van der Waals surface area contributed by atoms with Crippen molar-refractivity contribution in [2.75, 3.05) is 0 Å². The Kier molecular flexibility index (Phi) is 2.86. The van der Waals surface area contributed by atoms with E-state index in [1.807, 2.05) is 12.3 Å². The van der Waals surface area contributed by atoms with E-state index in [4.69, 9.17) is 5.73 Å². The van der Waals surface area contributed by atoms with E-state index in [1.54, 1.807) is 17.5 Å². The number of nitrogens with zero attached hydrogens (tertiary/aromatic N) is 1. The van der Waals surface area contributed by atoms with Gasteiger partial charge in [0.1, 0.15) is 0 Å². The first-order valence-corrected chi connectivity index (χ1v) is 6.77. The molecule has 0 aliphatic carbocycles. The monoisotopic (exact) mass is 254 g/mol. The van der Waals surface area contributed by atoms with Crippen LogP contribution in [-0.2, 0) is 0 Å². The summed E-state index contributed by atoms with van der Waals surface area (Å²) >= 11 is 1.75. The number of rotatable bonds is 2. The zero-order valence-electron chi connectivity index (χ0n) is 10.1. The maximum absolute atomic E-state index is 6.42. The van der Waals surface area contributed by atoms with Crippen LogP contribution >= 0.6 is 11.3 Å². The van der Waals surface area contributed by atoms with Gasteiger partial charge in [-0.15, -0.1) is 11.3 Å². The number of fused-ring (bicyclic) bond motifs is 1. The van der Waals surface area contributed by atoms with E-state index in [0.29, 0.717) is 0 Å². The van der Waals surface area contributed by atoms with Crippen LogP contribution in [0.5, 0.6) is 0 Å². The lowest BCUT2D eigenvalue weighted by Gasteiger charge is -2.15. The molecule has 0 fully saturated rings. The summed E-state index contributed by atoms with van der Waals surface area (Å²) in [6, 6.07) is 10.4. The van der Waals surface area contributed by atoms with E-state index < -0.39 is 0 Å². The second kappa shape index (κ2) is 4.52. The Bertz CT molecular complexity index is 688. The average Bonchev–Trinajstić information content (AvgIpc) is 2.86. The van der Waals surface area contributed by atoms with E-state index >= 15 is 0 Å². The number of pyridine rings is 1. The molecule has 0 aliphatic rings. The number of hydrogen-bond donors (Lipinski definition) is 1. The molecule has 3 heteroatoms. The van der Waals surface area contributed by atoms with Crippen molar-refractivity contribution < 1.29 is 0 Å². The highest BCUT2D eigenvalue weighted by Crippen LogP contribution is 2.31. The standard InChI is InChI=1S/C15H14N2S/c1-10-9-17-7-5-12(10)14(16)13-4-2-3-11-6-8-18-15(11)13/h2-9,14H,16H2,1H3. The molecule has 3 rings (SSSR count). The van der Waals surface area contributed by atoms with Gasteiger partial charge in [-0.2, -0.15) is 0 Å². The fraction of sp³-hybridized carbons (Fsp3) is 0.133. The first-order valence-electron chi connectivity index (χ1n) is 5.89. The summed E-state index contributed by atoms with van der Waals surface area (Å²) in [5, 5.41) is 3.37. The van der Waals surface area contributed by atoms with Crippen molar-refractivity contribution in [1.82, 2.24) is 4.98 Å². The smallest absolute Gasteiger partial charge is 0.0569 e. The van der Waals surface area contributed by atoms with Gasteiger partial charge in [0.25, 0.3) is 0 Å². The van der Waals surface area contributed by atoms with Gasteiger partial charge in [0.2, 0.25) is 0 Å². The van der Waals surface area contributed by atoms with Crippen molar-refractivity contribution in [2.24, 2.45) is 5.73 Å². The number of aryl methyl sites for hydroxylation is 1. The van der Waals surface area contributed by atoms with Crippen LogP contribution in [-0.4, -0.2) is 4.98 Å². The van der Waals surface area contributed by atoms with Crippen LogP contribution in [0.3, 0.4) is 0 Å². The molecule has 3 aromatic rings. The summed E-state index contributed by atoms with van der Waals surface area (Å²) in [6.07, 6.45) is 3.67. The molecular formula is C15H14N2S. The third-order valence-corrected chi connectivity index (χ3v) is 4.22. The van der Waals surface area contributed by atoms with E-state index in [-0.39, 0.29) is 6.04 Å². The predicted octanol–water partition coefficient (Wildman–Crippen LogP) is 3.65. The maximum Gasteiger partial charge on any atom is 0.0569 e. The van der Waals surface area contributed by atoms with Crippen LogP contribution in [0.1, 0.15) is 22.7 Å². The minimum atomic E-state index is -0.0876. The zero-order chi connectivity index (χ0) is 12.5. The molecule has 1 atom stereocenters. The molecule has 1 aromatic carbocycles. The summed E-state index contributed by atoms with van der Waals surface area (Å²) in [7, 11) is 0. The largest absolute Gasteiger partial charge is 0.320 e. The SMILES string of the molecule is Cc1cnccc1C(N)c1cccc2ccsc12. The quantitative estimate of drug-likeness (QED) is 0.758. The summed E-state index contributed by atoms with van der Waals surface area (Å²) in [5.74, 6) is 0. The van der Waals surface area contributed by atoms with Gasteiger partial charge >= 0.3 is 0 Å². The molecule has 2 heterocycles. The third-order valence-electron chi connectivity index (χ3n) is 3.24. The molecule has 0 spiro atoms. The Morgan fingerprint density at radius 3 is 2.89 bits per heavy atom. The summed E-state index contributed by atoms with van der Waals surface area (Å²) in [5.41, 5.74) is 9.89. The Morgan fingerprint density at radius 1 is 1.17 bits per heavy atom. The highest BCUT2D eigenvalue weighted by molar-refractivity contribution is 7.17. The molecule has 0 radical (unpaired) electrons. The van der Waals surface area contributed by atoms with Crippen LogP contribution in [0, 0.1) is 6.92 Å². The Labute approximate surface area is 110 Å². The number of nitrogens with two attached hydrogens (primary N) is 1. The van der Waals surface area contributed by atoms with Crippen molar-refractivity contribution in [3.8, 4) is 0 Å². The van der Waals surface area contributed by atoms with Crippen molar-refractivity contribution in [3.63, 3.8) is 0 Å². The van der Waals surface area contributed by atoms with Gasteiger partial charge in [0.15, 0.2) is 0 Å². The molecule has 0 saturated carbocycles. The van der Waals surface area contributed by atoms with E-state index in [1.165, 1.54) is 15.6 Å². The Hall–Kier alpha value is -1.71. The lowest BCUT2D eigenvalue weighted by Crippen LogP contribution is -2.13. The third kappa shape index (κ3) is 1.82. The molecule has 18 heavy (non-hydrogen) atoms. The van der Waals surface area contributed by atoms with Gasteiger partial charge in [0.05, 0.1) is 6.04 Å². The van der Waals surface area contributed by atoms with Gasteiger partial charge in [-0.1, -0.05) is 18.2 Å². The maximum atomic E-state index is 6.42. The van der Waals surface area contributed by atoms with Gasteiger partial charge in [-0.3, -0.25) is 4.98 Å². The van der Waals surface area contributed by atoms with Gasteiger partial charge in [0, 0.05) is 17.1 Å². The van der Waals surface area contributed by atoms with Crippen LogP contribution in [0.15, 0.2) is 48.1 Å². The molecule has 0 amide bonds. The lowest BCUT2D eigenvalue weighted by atomic mass is 9.96. The van der Waals surface area contributed by atoms with Crippen molar-refractivity contribution >= 4 is 21.4 Å². The number of aromatic nitrogens is 1. The number of benzene rings is 1. The van der Waals surface area contributed by atoms with Gasteiger partial charge < -0.3 is 5.73 Å². The average molecular weight is 254 g/mol. The van der Waals surface area contributed by atoms with Gasteiger partial charge in [-0.05, 0) is 46.5 Å². The zero-order valence-corrected chi connectivity index (χ0v) is 10.9. The fourth-order valence-corrected chi connectivity index (χ4v) is 3.22. The first kappa shape index (κ1) is 11.4. The molecule has 1 unspecified atom stereocenters. The number of hydrogen-bond acceptors (Lipinski definition) is 3. The summed E-state index contributed by atoms with van der Waals surface area (Å²) in [4.78, 5) is 4.12. The van der Waals surface area contributed by atoms with Crippen LogP contribution in [0.25, 0.3) is 10.1 Å². The minimum Gasteiger partial charge on any atom is -0.320 e. The normalized spacial score (nSPS) is 12.8.